The van der Waals surface area contributed by atoms with Crippen LogP contribution in [0.25, 0.3) is 0 Å². The van der Waals surface area contributed by atoms with E-state index in [2.05, 4.69) is 0 Å². The molecule has 2 nitrogen and oxygen atoms in total. The quantitative estimate of drug-likeness (QED) is 0.683. The zero-order valence-corrected chi connectivity index (χ0v) is 10.2. The van der Waals surface area contributed by atoms with Crippen molar-refractivity contribution in [2.75, 3.05) is 5.73 Å². The third-order valence-electron chi connectivity index (χ3n) is 2.57. The van der Waals surface area contributed by atoms with Crippen molar-refractivity contribution in [2.45, 2.75) is 12.8 Å². The number of rotatable bonds is 3. The second-order valence-electron chi connectivity index (χ2n) is 4.20. The molecule has 2 aromatic rings. The van der Waals surface area contributed by atoms with Crippen LogP contribution >= 0.6 is 0 Å². The van der Waals surface area contributed by atoms with Gasteiger partial charge in [0.25, 0.3) is 0 Å². The molecular formula is C14H11F4NO. The second-order valence-corrected chi connectivity index (χ2v) is 4.20. The molecule has 0 heterocycles. The number of halogens is 4. The minimum atomic E-state index is -4.38. The van der Waals surface area contributed by atoms with Gasteiger partial charge in [0.1, 0.15) is 18.2 Å². The predicted molar refractivity (Wildman–Crippen MR) is 66.6 cm³/mol. The average molecular weight is 285 g/mol. The summed E-state index contributed by atoms with van der Waals surface area (Å²) in [6, 6.07) is 8.23. The van der Waals surface area contributed by atoms with Crippen LogP contribution in [0, 0.1) is 5.82 Å². The third kappa shape index (κ3) is 3.63. The molecule has 106 valence electrons. The number of anilines is 1. The summed E-state index contributed by atoms with van der Waals surface area (Å²) in [5.41, 5.74) is 5.49. The van der Waals surface area contributed by atoms with Gasteiger partial charge < -0.3 is 10.5 Å². The van der Waals surface area contributed by atoms with Crippen LogP contribution in [0.1, 0.15) is 11.1 Å². The molecular weight excluding hydrogens is 274 g/mol. The van der Waals surface area contributed by atoms with E-state index in [9.17, 15) is 17.6 Å². The summed E-state index contributed by atoms with van der Waals surface area (Å²) in [4.78, 5) is 0. The van der Waals surface area contributed by atoms with Crippen molar-refractivity contribution in [3.63, 3.8) is 0 Å². The molecule has 0 amide bonds. The van der Waals surface area contributed by atoms with Crippen LogP contribution in [0.2, 0.25) is 0 Å². The van der Waals surface area contributed by atoms with E-state index < -0.39 is 17.6 Å². The highest BCUT2D eigenvalue weighted by Gasteiger charge is 2.29. The van der Waals surface area contributed by atoms with E-state index >= 15 is 0 Å². The lowest BCUT2D eigenvalue weighted by atomic mass is 10.2. The van der Waals surface area contributed by atoms with Crippen LogP contribution in [-0.4, -0.2) is 0 Å². The molecule has 0 saturated heterocycles. The first-order valence-electron chi connectivity index (χ1n) is 5.69. The van der Waals surface area contributed by atoms with Gasteiger partial charge in [-0.05, 0) is 48.0 Å². The molecule has 0 saturated carbocycles. The summed E-state index contributed by atoms with van der Waals surface area (Å²) in [6.45, 7) is 0.0212. The Morgan fingerprint density at radius 3 is 2.20 bits per heavy atom. The van der Waals surface area contributed by atoms with Crippen molar-refractivity contribution in [1.29, 1.82) is 0 Å². The molecule has 20 heavy (non-hydrogen) atoms. The van der Waals surface area contributed by atoms with E-state index in [1.54, 1.807) is 0 Å². The van der Waals surface area contributed by atoms with Gasteiger partial charge in [-0.25, -0.2) is 4.39 Å². The Balaban J connectivity index is 2.04. The lowest BCUT2D eigenvalue weighted by molar-refractivity contribution is -0.137. The maximum atomic E-state index is 13.1. The van der Waals surface area contributed by atoms with Gasteiger partial charge in [0, 0.05) is 5.69 Å². The Bertz CT molecular complexity index is 573. The van der Waals surface area contributed by atoms with Crippen molar-refractivity contribution < 1.29 is 22.3 Å². The number of alkyl halides is 3. The lowest BCUT2D eigenvalue weighted by Crippen LogP contribution is -2.04. The van der Waals surface area contributed by atoms with Crippen LogP contribution in [0.3, 0.4) is 0 Å². The summed E-state index contributed by atoms with van der Waals surface area (Å²) >= 11 is 0. The van der Waals surface area contributed by atoms with E-state index in [0.29, 0.717) is 5.56 Å². The zero-order valence-electron chi connectivity index (χ0n) is 10.2. The predicted octanol–water partition coefficient (Wildman–Crippen LogP) is 4.01. The molecule has 0 spiro atoms. The van der Waals surface area contributed by atoms with Crippen LogP contribution in [-0.2, 0) is 12.8 Å². The van der Waals surface area contributed by atoms with Gasteiger partial charge in [-0.1, -0.05) is 0 Å². The highest BCUT2D eigenvalue weighted by molar-refractivity contribution is 5.41. The molecule has 2 N–H and O–H groups in total. The van der Waals surface area contributed by atoms with E-state index in [0.717, 1.165) is 12.1 Å². The third-order valence-corrected chi connectivity index (χ3v) is 2.57. The average Bonchev–Trinajstić information content (AvgIpc) is 2.35. The van der Waals surface area contributed by atoms with Gasteiger partial charge in [0.2, 0.25) is 0 Å². The van der Waals surface area contributed by atoms with Gasteiger partial charge in [-0.2, -0.15) is 13.2 Å². The highest BCUT2D eigenvalue weighted by atomic mass is 19.4. The number of nitrogen functional groups attached to an aromatic ring is 1. The van der Waals surface area contributed by atoms with Crippen molar-refractivity contribution in [3.8, 4) is 5.75 Å². The monoisotopic (exact) mass is 285 g/mol. The molecule has 6 heteroatoms. The normalized spacial score (nSPS) is 11.4. The Morgan fingerprint density at radius 2 is 1.65 bits per heavy atom. The lowest BCUT2D eigenvalue weighted by Gasteiger charge is -2.09. The van der Waals surface area contributed by atoms with Gasteiger partial charge in [-0.3, -0.25) is 0 Å². The van der Waals surface area contributed by atoms with Crippen LogP contribution < -0.4 is 10.5 Å². The Hall–Kier alpha value is -2.24. The van der Waals surface area contributed by atoms with Gasteiger partial charge >= 0.3 is 6.18 Å². The van der Waals surface area contributed by atoms with Gasteiger partial charge in [-0.15, -0.1) is 0 Å². The van der Waals surface area contributed by atoms with Crippen molar-refractivity contribution in [2.24, 2.45) is 0 Å². The Kier molecular flexibility index (Phi) is 3.83. The summed E-state index contributed by atoms with van der Waals surface area (Å²) in [6.07, 6.45) is -4.38. The molecule has 2 rings (SSSR count). The molecule has 0 aliphatic carbocycles. The minimum absolute atomic E-state index is 0.0212. The smallest absolute Gasteiger partial charge is 0.416 e. The standard InChI is InChI=1S/C14H11F4NO/c15-11-5-9(6-12(19)7-11)8-20-13-3-1-10(2-4-13)14(16,17)18/h1-7H,8,19H2. The largest absolute Gasteiger partial charge is 0.489 e. The molecule has 0 bridgehead atoms. The number of nitrogens with two attached hydrogens (primary N) is 1. The van der Waals surface area contributed by atoms with Crippen LogP contribution in [0.15, 0.2) is 42.5 Å². The fourth-order valence-electron chi connectivity index (χ4n) is 1.67. The second kappa shape index (κ2) is 5.40. The fourth-order valence-corrected chi connectivity index (χ4v) is 1.67. The summed E-state index contributed by atoms with van der Waals surface area (Å²) in [5, 5.41) is 0. The first kappa shape index (κ1) is 14.2. The first-order chi connectivity index (χ1) is 9.34. The minimum Gasteiger partial charge on any atom is -0.489 e. The fraction of sp³-hybridized carbons (Fsp3) is 0.143. The van der Waals surface area contributed by atoms with Crippen LogP contribution in [0.4, 0.5) is 23.2 Å². The topological polar surface area (TPSA) is 35.2 Å². The number of hydrogen-bond donors (Lipinski definition) is 1. The summed E-state index contributed by atoms with van der Waals surface area (Å²) in [5.74, 6) is -0.225. The van der Waals surface area contributed by atoms with E-state index in [4.69, 9.17) is 10.5 Å². The maximum absolute atomic E-state index is 13.1. The van der Waals surface area contributed by atoms with Crippen molar-refractivity contribution in [3.05, 3.63) is 59.4 Å². The molecule has 0 unspecified atom stereocenters. The van der Waals surface area contributed by atoms with E-state index in [1.165, 1.54) is 30.3 Å². The molecule has 2 aromatic carbocycles. The maximum Gasteiger partial charge on any atom is 0.416 e. The van der Waals surface area contributed by atoms with Crippen LogP contribution in [0.5, 0.6) is 5.75 Å². The first-order valence-corrected chi connectivity index (χ1v) is 5.69. The number of ether oxygens (including phenoxy) is 1. The highest BCUT2D eigenvalue weighted by Crippen LogP contribution is 2.30. The molecule has 0 atom stereocenters. The molecule has 0 aliphatic rings. The number of benzene rings is 2. The van der Waals surface area contributed by atoms with Crippen molar-refractivity contribution >= 4 is 5.69 Å². The molecule has 0 fully saturated rings. The van der Waals surface area contributed by atoms with Gasteiger partial charge in [0.05, 0.1) is 5.56 Å². The Labute approximate surface area is 112 Å². The molecule has 0 aromatic heterocycles. The summed E-state index contributed by atoms with van der Waals surface area (Å²) in [7, 11) is 0. The molecule has 0 aliphatic heterocycles. The van der Waals surface area contributed by atoms with E-state index in [1.807, 2.05) is 0 Å². The van der Waals surface area contributed by atoms with Gasteiger partial charge in [0.15, 0.2) is 0 Å². The van der Waals surface area contributed by atoms with E-state index in [-0.39, 0.29) is 18.0 Å². The summed E-state index contributed by atoms with van der Waals surface area (Å²) < 4.78 is 55.4. The molecule has 0 radical (unpaired) electrons. The Morgan fingerprint density at radius 1 is 1.00 bits per heavy atom. The number of hydrogen-bond acceptors (Lipinski definition) is 2. The zero-order chi connectivity index (χ0) is 14.8. The van der Waals surface area contributed by atoms with Crippen molar-refractivity contribution in [1.82, 2.24) is 0 Å². The SMILES string of the molecule is Nc1cc(F)cc(COc2ccc(C(F)(F)F)cc2)c1.